The Morgan fingerprint density at radius 2 is 2.14 bits per heavy atom. The first-order valence-electron chi connectivity index (χ1n) is 7.00. The molecule has 0 aliphatic carbocycles. The summed E-state index contributed by atoms with van der Waals surface area (Å²) < 4.78 is 6.52. The summed E-state index contributed by atoms with van der Waals surface area (Å²) in [5, 5.41) is 8.56. The number of nitrogens with two attached hydrogens (primary N) is 2. The van der Waals surface area contributed by atoms with Gasteiger partial charge >= 0.3 is 5.97 Å². The molecule has 118 valence electrons. The van der Waals surface area contributed by atoms with Gasteiger partial charge in [-0.3, -0.25) is 0 Å². The zero-order valence-corrected chi connectivity index (χ0v) is 13.4. The number of nitrogens with zero attached hydrogens (tertiary/aromatic N) is 3. The van der Waals surface area contributed by atoms with Gasteiger partial charge < -0.3 is 16.3 Å². The number of benzene rings is 1. The molecule has 8 heteroatoms. The van der Waals surface area contributed by atoms with Crippen molar-refractivity contribution in [3.8, 4) is 0 Å². The van der Waals surface area contributed by atoms with Crippen LogP contribution in [0.1, 0.15) is 36.5 Å². The third-order valence-corrected chi connectivity index (χ3v) is 3.99. The largest absolute Gasteiger partial charge is 0.462 e. The molecule has 0 atom stereocenters. The van der Waals surface area contributed by atoms with Crippen molar-refractivity contribution >= 4 is 23.4 Å². The molecule has 0 aliphatic rings. The van der Waals surface area contributed by atoms with Gasteiger partial charge in [0.1, 0.15) is 0 Å². The summed E-state index contributed by atoms with van der Waals surface area (Å²) in [6, 6.07) is 5.02. The minimum Gasteiger partial charge on any atom is -0.462 e. The SMILES string of the molecule is CCCOC(=O)c1ccc(Sc2nnc(CC)n2N)c(N)c1. The number of nitrogen functional groups attached to an aromatic ring is 2. The number of esters is 1. The van der Waals surface area contributed by atoms with Crippen molar-refractivity contribution in [1.29, 1.82) is 0 Å². The van der Waals surface area contributed by atoms with Gasteiger partial charge in [0, 0.05) is 17.0 Å². The fourth-order valence-electron chi connectivity index (χ4n) is 1.76. The first-order chi connectivity index (χ1) is 10.6. The van der Waals surface area contributed by atoms with E-state index in [1.54, 1.807) is 18.2 Å². The van der Waals surface area contributed by atoms with Crippen LogP contribution in [0.25, 0.3) is 0 Å². The minimum atomic E-state index is -0.375. The normalized spacial score (nSPS) is 10.6. The Labute approximate surface area is 133 Å². The zero-order valence-electron chi connectivity index (χ0n) is 12.6. The van der Waals surface area contributed by atoms with Crippen molar-refractivity contribution in [2.45, 2.75) is 36.7 Å². The van der Waals surface area contributed by atoms with E-state index < -0.39 is 0 Å². The second-order valence-corrected chi connectivity index (χ2v) is 5.62. The number of carbonyl (C=O) groups is 1. The number of hydrogen-bond donors (Lipinski definition) is 2. The van der Waals surface area contributed by atoms with Crippen LogP contribution in [0.5, 0.6) is 0 Å². The smallest absolute Gasteiger partial charge is 0.338 e. The summed E-state index contributed by atoms with van der Waals surface area (Å²) in [6.07, 6.45) is 1.48. The highest BCUT2D eigenvalue weighted by atomic mass is 32.2. The van der Waals surface area contributed by atoms with E-state index in [0.29, 0.717) is 35.3 Å². The van der Waals surface area contributed by atoms with Gasteiger partial charge in [-0.2, -0.15) is 0 Å². The number of ether oxygens (including phenoxy) is 1. The second kappa shape index (κ2) is 7.17. The van der Waals surface area contributed by atoms with Gasteiger partial charge in [0.15, 0.2) is 5.82 Å². The molecule has 4 N–H and O–H groups in total. The first-order valence-corrected chi connectivity index (χ1v) is 7.82. The maximum Gasteiger partial charge on any atom is 0.338 e. The Balaban J connectivity index is 2.16. The Morgan fingerprint density at radius 3 is 2.73 bits per heavy atom. The van der Waals surface area contributed by atoms with Crippen LogP contribution in [-0.4, -0.2) is 27.4 Å². The Kier molecular flexibility index (Phi) is 5.26. The van der Waals surface area contributed by atoms with Crippen molar-refractivity contribution in [2.75, 3.05) is 18.2 Å². The van der Waals surface area contributed by atoms with Gasteiger partial charge in [-0.15, -0.1) is 10.2 Å². The van der Waals surface area contributed by atoms with Crippen LogP contribution in [0.4, 0.5) is 5.69 Å². The summed E-state index contributed by atoms with van der Waals surface area (Å²) in [4.78, 5) is 12.5. The Bertz CT molecular complexity index is 671. The second-order valence-electron chi connectivity index (χ2n) is 4.61. The fraction of sp³-hybridized carbons (Fsp3) is 0.357. The highest BCUT2D eigenvalue weighted by Crippen LogP contribution is 2.31. The number of aryl methyl sites for hydroxylation is 1. The van der Waals surface area contributed by atoms with Crippen molar-refractivity contribution < 1.29 is 9.53 Å². The molecular formula is C14H19N5O2S. The van der Waals surface area contributed by atoms with Gasteiger partial charge in [-0.25, -0.2) is 9.47 Å². The molecule has 7 nitrogen and oxygen atoms in total. The molecule has 0 spiro atoms. The van der Waals surface area contributed by atoms with E-state index in [2.05, 4.69) is 10.2 Å². The van der Waals surface area contributed by atoms with E-state index in [4.69, 9.17) is 16.3 Å². The van der Waals surface area contributed by atoms with E-state index in [9.17, 15) is 4.79 Å². The summed E-state index contributed by atoms with van der Waals surface area (Å²) in [6.45, 7) is 4.28. The summed E-state index contributed by atoms with van der Waals surface area (Å²) in [7, 11) is 0. The Morgan fingerprint density at radius 1 is 1.36 bits per heavy atom. The van der Waals surface area contributed by atoms with Gasteiger partial charge in [-0.1, -0.05) is 13.8 Å². The van der Waals surface area contributed by atoms with Gasteiger partial charge in [-0.05, 0) is 36.4 Å². The summed E-state index contributed by atoms with van der Waals surface area (Å²) in [5.74, 6) is 6.22. The minimum absolute atomic E-state index is 0.375. The van der Waals surface area contributed by atoms with E-state index in [0.717, 1.165) is 11.3 Å². The molecule has 2 rings (SSSR count). The molecule has 1 aromatic heterocycles. The van der Waals surface area contributed by atoms with E-state index >= 15 is 0 Å². The lowest BCUT2D eigenvalue weighted by Crippen LogP contribution is -2.13. The predicted molar refractivity (Wildman–Crippen MR) is 85.1 cm³/mol. The fourth-order valence-corrected chi connectivity index (χ4v) is 2.56. The van der Waals surface area contributed by atoms with Gasteiger partial charge in [0.05, 0.1) is 12.2 Å². The maximum absolute atomic E-state index is 11.8. The van der Waals surface area contributed by atoms with Crippen LogP contribution >= 0.6 is 11.8 Å². The van der Waals surface area contributed by atoms with Crippen molar-refractivity contribution in [1.82, 2.24) is 14.9 Å². The van der Waals surface area contributed by atoms with E-state index in [1.165, 1.54) is 16.4 Å². The van der Waals surface area contributed by atoms with Crippen molar-refractivity contribution in [2.24, 2.45) is 0 Å². The average molecular weight is 321 g/mol. The lowest BCUT2D eigenvalue weighted by atomic mass is 10.2. The molecule has 1 heterocycles. The number of anilines is 1. The quantitative estimate of drug-likeness (QED) is 0.475. The third-order valence-electron chi connectivity index (χ3n) is 2.94. The van der Waals surface area contributed by atoms with E-state index in [1.807, 2.05) is 13.8 Å². The summed E-state index contributed by atoms with van der Waals surface area (Å²) in [5.41, 5.74) is 6.90. The topological polar surface area (TPSA) is 109 Å². The van der Waals surface area contributed by atoms with Gasteiger partial charge in [0.2, 0.25) is 5.16 Å². The summed E-state index contributed by atoms with van der Waals surface area (Å²) >= 11 is 1.30. The molecular weight excluding hydrogens is 302 g/mol. The standard InChI is InChI=1S/C14H19N5O2S/c1-3-7-21-13(20)9-5-6-11(10(15)8-9)22-14-18-17-12(4-2)19(14)16/h5-6,8H,3-4,7,15-16H2,1-2H3. The molecule has 0 saturated heterocycles. The number of carbonyl (C=O) groups excluding carboxylic acids is 1. The maximum atomic E-state index is 11.8. The molecule has 0 saturated carbocycles. The highest BCUT2D eigenvalue weighted by molar-refractivity contribution is 7.99. The van der Waals surface area contributed by atoms with Crippen LogP contribution in [0, 0.1) is 0 Å². The third kappa shape index (κ3) is 3.51. The molecule has 0 bridgehead atoms. The zero-order chi connectivity index (χ0) is 16.1. The van der Waals surface area contributed by atoms with Crippen molar-refractivity contribution in [3.63, 3.8) is 0 Å². The first kappa shape index (κ1) is 16.2. The van der Waals surface area contributed by atoms with E-state index in [-0.39, 0.29) is 5.97 Å². The van der Waals surface area contributed by atoms with Crippen molar-refractivity contribution in [3.05, 3.63) is 29.6 Å². The molecule has 0 fully saturated rings. The highest BCUT2D eigenvalue weighted by Gasteiger charge is 2.14. The molecule has 0 aliphatic heterocycles. The number of rotatable bonds is 6. The van der Waals surface area contributed by atoms with Crippen LogP contribution in [0.15, 0.2) is 28.3 Å². The van der Waals surface area contributed by atoms with Crippen LogP contribution in [0.2, 0.25) is 0 Å². The van der Waals surface area contributed by atoms with Crippen LogP contribution < -0.4 is 11.6 Å². The molecule has 0 amide bonds. The predicted octanol–water partition coefficient (Wildman–Crippen LogP) is 1.85. The van der Waals surface area contributed by atoms with Crippen LogP contribution in [-0.2, 0) is 11.2 Å². The molecule has 22 heavy (non-hydrogen) atoms. The molecule has 2 aromatic rings. The average Bonchev–Trinajstić information content (AvgIpc) is 2.87. The number of hydrogen-bond acceptors (Lipinski definition) is 7. The lowest BCUT2D eigenvalue weighted by Gasteiger charge is -2.08. The van der Waals surface area contributed by atoms with Gasteiger partial charge in [0.25, 0.3) is 0 Å². The monoisotopic (exact) mass is 321 g/mol. The van der Waals surface area contributed by atoms with Crippen LogP contribution in [0.3, 0.4) is 0 Å². The lowest BCUT2D eigenvalue weighted by molar-refractivity contribution is 0.0505. The molecule has 0 radical (unpaired) electrons. The molecule has 1 aromatic carbocycles. The molecule has 0 unspecified atom stereocenters. The Hall–Kier alpha value is -2.22. The number of aromatic nitrogens is 3.